The van der Waals surface area contributed by atoms with Gasteiger partial charge in [0.15, 0.2) is 34.5 Å². The van der Waals surface area contributed by atoms with Crippen LogP contribution in [0.5, 0.6) is 46.0 Å². The molecule has 0 saturated heterocycles. The highest BCUT2D eigenvalue weighted by Gasteiger charge is 2.35. The Bertz CT molecular complexity index is 2000. The Kier molecular flexibility index (Phi) is 8.85. The highest BCUT2D eigenvalue weighted by Crippen LogP contribution is 2.52. The topological polar surface area (TPSA) is 96.0 Å². The summed E-state index contributed by atoms with van der Waals surface area (Å²) in [5.41, 5.74) is 6.58. The predicted octanol–water partition coefficient (Wildman–Crippen LogP) is 6.49. The molecule has 4 aliphatic heterocycles. The average Bonchev–Trinajstić information content (AvgIpc) is 3.07. The van der Waals surface area contributed by atoms with Crippen molar-refractivity contribution in [1.29, 1.82) is 0 Å². The maximum absolute atomic E-state index is 12.2. The Labute approximate surface area is 288 Å². The molecule has 0 amide bonds. The molecule has 2 atom stereocenters. The summed E-state index contributed by atoms with van der Waals surface area (Å²) >= 11 is 0. The van der Waals surface area contributed by atoms with E-state index in [1.165, 1.54) is 11.1 Å². The molecule has 0 aromatic heterocycles. The lowest BCUT2D eigenvalue weighted by molar-refractivity contribution is 0.220. The normalized spacial score (nSPS) is 19.1. The molecule has 6 bridgehead atoms. The zero-order valence-corrected chi connectivity index (χ0v) is 29.6. The van der Waals surface area contributed by atoms with E-state index in [0.29, 0.717) is 46.7 Å². The van der Waals surface area contributed by atoms with Crippen molar-refractivity contribution in [2.24, 2.45) is 0 Å². The minimum atomic E-state index is -3.80. The molecule has 4 aromatic carbocycles. The van der Waals surface area contributed by atoms with Gasteiger partial charge in [-0.25, -0.2) is 0 Å². The van der Waals surface area contributed by atoms with Gasteiger partial charge in [-0.15, -0.1) is 0 Å². The van der Waals surface area contributed by atoms with Crippen LogP contribution in [0.15, 0.2) is 60.7 Å². The SMILES string of the molecule is COc1cc2c3cc1Oc1c(OC)c(OC)cc4c1[C@@H](Cc1ccc(OS(C)(=O)=O)c(c1)Oc1ccc(cc1)C[C@@H]3N(C)CC2)N(C)CC4. The van der Waals surface area contributed by atoms with Crippen LogP contribution in [0, 0.1) is 0 Å². The first-order valence-corrected chi connectivity index (χ1v) is 18.2. The summed E-state index contributed by atoms with van der Waals surface area (Å²) < 4.78 is 61.0. The quantitative estimate of drug-likeness (QED) is 0.217. The van der Waals surface area contributed by atoms with Crippen LogP contribution in [0.25, 0.3) is 0 Å². The van der Waals surface area contributed by atoms with Gasteiger partial charge in [-0.05, 0) is 110 Å². The van der Waals surface area contributed by atoms with E-state index < -0.39 is 10.1 Å². The van der Waals surface area contributed by atoms with E-state index in [0.717, 1.165) is 60.9 Å². The first-order chi connectivity index (χ1) is 23.5. The molecular formula is C38H42N2O8S. The van der Waals surface area contributed by atoms with Crippen LogP contribution < -0.4 is 27.9 Å². The number of nitrogens with zero attached hydrogens (tertiary/aromatic N) is 2. The molecular weight excluding hydrogens is 644 g/mol. The molecule has 49 heavy (non-hydrogen) atoms. The van der Waals surface area contributed by atoms with Gasteiger partial charge in [0, 0.05) is 30.7 Å². The second-order valence-corrected chi connectivity index (χ2v) is 14.6. The largest absolute Gasteiger partial charge is 0.493 e. The maximum atomic E-state index is 12.2. The van der Waals surface area contributed by atoms with Gasteiger partial charge in [-0.1, -0.05) is 18.2 Å². The number of ether oxygens (including phenoxy) is 5. The zero-order valence-electron chi connectivity index (χ0n) is 28.7. The molecule has 4 aromatic rings. The summed E-state index contributed by atoms with van der Waals surface area (Å²) in [6, 6.07) is 19.6. The van der Waals surface area contributed by atoms with E-state index in [2.05, 4.69) is 36.0 Å². The maximum Gasteiger partial charge on any atom is 0.306 e. The third-order valence-corrected chi connectivity index (χ3v) is 10.4. The van der Waals surface area contributed by atoms with Crippen molar-refractivity contribution in [3.63, 3.8) is 0 Å². The number of likely N-dealkylation sites (N-methyl/N-ethyl adjacent to an activating group) is 2. The van der Waals surface area contributed by atoms with Crippen LogP contribution in [0.3, 0.4) is 0 Å². The first-order valence-electron chi connectivity index (χ1n) is 16.4. The van der Waals surface area contributed by atoms with E-state index in [9.17, 15) is 8.42 Å². The molecule has 0 unspecified atom stereocenters. The van der Waals surface area contributed by atoms with Crippen molar-refractivity contribution in [3.8, 4) is 46.0 Å². The van der Waals surface area contributed by atoms with Gasteiger partial charge < -0.3 is 27.9 Å². The van der Waals surface area contributed by atoms with E-state index in [-0.39, 0.29) is 17.8 Å². The fourth-order valence-corrected chi connectivity index (χ4v) is 7.80. The Balaban J connectivity index is 1.46. The summed E-state index contributed by atoms with van der Waals surface area (Å²) in [5.74, 6) is 3.96. The molecule has 0 spiro atoms. The number of benzene rings is 4. The molecule has 0 saturated carbocycles. The highest BCUT2D eigenvalue weighted by atomic mass is 32.2. The Hall–Kier alpha value is -4.45. The smallest absolute Gasteiger partial charge is 0.306 e. The van der Waals surface area contributed by atoms with E-state index in [1.54, 1.807) is 27.4 Å². The summed E-state index contributed by atoms with van der Waals surface area (Å²) in [5, 5.41) is 0. The van der Waals surface area contributed by atoms with Crippen LogP contribution in [0.1, 0.15) is 45.5 Å². The number of fused-ring (bicyclic) bond motifs is 2. The lowest BCUT2D eigenvalue weighted by atomic mass is 9.87. The molecule has 8 rings (SSSR count). The van der Waals surface area contributed by atoms with Crippen LogP contribution in [-0.4, -0.2) is 73.0 Å². The van der Waals surface area contributed by atoms with E-state index >= 15 is 0 Å². The molecule has 0 aliphatic carbocycles. The summed E-state index contributed by atoms with van der Waals surface area (Å²) in [4.78, 5) is 4.68. The predicted molar refractivity (Wildman–Crippen MR) is 187 cm³/mol. The summed E-state index contributed by atoms with van der Waals surface area (Å²) in [6.45, 7) is 1.72. The third kappa shape index (κ3) is 6.50. The molecule has 10 nitrogen and oxygen atoms in total. The number of rotatable bonds is 5. The molecule has 0 radical (unpaired) electrons. The first kappa shape index (κ1) is 33.1. The zero-order chi connectivity index (χ0) is 34.4. The Morgan fingerprint density at radius 1 is 0.694 bits per heavy atom. The average molecular weight is 687 g/mol. The molecule has 11 heteroatoms. The highest BCUT2D eigenvalue weighted by molar-refractivity contribution is 7.86. The van der Waals surface area contributed by atoms with Crippen molar-refractivity contribution in [2.75, 3.05) is 54.8 Å². The standard InChI is InChI=1S/C38H42N2O8S/c1-39-15-13-25-20-32(43-3)34-22-28(25)29(39)17-23-7-10-27(11-8-23)46-33-19-24(9-12-31(33)48-49(6,41)42)18-30-36-26(14-16-40(30)2)21-35(44-4)37(45-5)38(36)47-34/h7-12,19-22,29-30H,13-18H2,1-6H3/t29-,30+/m0/s1. The lowest BCUT2D eigenvalue weighted by Gasteiger charge is -2.37. The van der Waals surface area contributed by atoms with E-state index in [1.807, 2.05) is 42.5 Å². The third-order valence-electron chi connectivity index (χ3n) is 9.87. The van der Waals surface area contributed by atoms with Crippen molar-refractivity contribution in [2.45, 2.75) is 37.8 Å². The molecule has 4 heterocycles. The fourth-order valence-electron chi connectivity index (χ4n) is 7.34. The van der Waals surface area contributed by atoms with E-state index in [4.69, 9.17) is 27.9 Å². The van der Waals surface area contributed by atoms with Gasteiger partial charge in [0.25, 0.3) is 0 Å². The van der Waals surface area contributed by atoms with Crippen molar-refractivity contribution >= 4 is 10.1 Å². The number of methoxy groups -OCH3 is 3. The second kappa shape index (κ2) is 13.1. The monoisotopic (exact) mass is 686 g/mol. The van der Waals surface area contributed by atoms with Crippen LogP contribution >= 0.6 is 0 Å². The lowest BCUT2D eigenvalue weighted by Crippen LogP contribution is -2.34. The van der Waals surface area contributed by atoms with Crippen LogP contribution in [0.4, 0.5) is 0 Å². The molecule has 258 valence electrons. The van der Waals surface area contributed by atoms with Gasteiger partial charge in [-0.2, -0.15) is 8.42 Å². The second-order valence-electron chi connectivity index (χ2n) is 13.0. The van der Waals surface area contributed by atoms with Crippen molar-refractivity contribution in [3.05, 3.63) is 94.0 Å². The minimum Gasteiger partial charge on any atom is -0.493 e. The van der Waals surface area contributed by atoms with Gasteiger partial charge >= 0.3 is 10.1 Å². The van der Waals surface area contributed by atoms with Crippen LogP contribution in [0.2, 0.25) is 0 Å². The van der Waals surface area contributed by atoms with Crippen molar-refractivity contribution < 1.29 is 36.3 Å². The Morgan fingerprint density at radius 3 is 2.02 bits per heavy atom. The van der Waals surface area contributed by atoms with Gasteiger partial charge in [-0.3, -0.25) is 9.80 Å². The molecule has 4 aliphatic rings. The number of hydrogen-bond donors (Lipinski definition) is 0. The molecule has 0 fully saturated rings. The minimum absolute atomic E-state index is 0.0918. The number of hydrogen-bond acceptors (Lipinski definition) is 10. The Morgan fingerprint density at radius 2 is 1.33 bits per heavy atom. The van der Waals surface area contributed by atoms with Crippen molar-refractivity contribution in [1.82, 2.24) is 9.80 Å². The molecule has 0 N–H and O–H groups in total. The van der Waals surface area contributed by atoms with Gasteiger partial charge in [0.2, 0.25) is 5.75 Å². The van der Waals surface area contributed by atoms with Gasteiger partial charge in [0.05, 0.1) is 27.6 Å². The summed E-state index contributed by atoms with van der Waals surface area (Å²) in [7, 11) is 5.39. The summed E-state index contributed by atoms with van der Waals surface area (Å²) in [6.07, 6.45) is 4.04. The van der Waals surface area contributed by atoms with Gasteiger partial charge in [0.1, 0.15) is 5.75 Å². The van der Waals surface area contributed by atoms with Crippen LogP contribution in [-0.2, 0) is 35.8 Å². The fraction of sp³-hybridized carbons (Fsp3) is 0.368.